The highest BCUT2D eigenvalue weighted by Crippen LogP contribution is 2.28. The van der Waals surface area contributed by atoms with E-state index in [4.69, 9.17) is 0 Å². The Morgan fingerprint density at radius 1 is 1.04 bits per heavy atom. The number of likely N-dealkylation sites (N-methyl/N-ethyl adjacent to an activating group) is 1. The number of carbonyl (C=O) groups excluding carboxylic acids is 1. The maximum absolute atomic E-state index is 12.3. The van der Waals surface area contributed by atoms with E-state index in [0.717, 1.165) is 26.1 Å². The lowest BCUT2D eigenvalue weighted by atomic mass is 10.0. The Labute approximate surface area is 156 Å². The number of benzene rings is 1. The van der Waals surface area contributed by atoms with E-state index < -0.39 is 9.84 Å². The van der Waals surface area contributed by atoms with Crippen molar-refractivity contribution in [3.63, 3.8) is 0 Å². The molecular weight excluding hydrogens is 350 g/mol. The van der Waals surface area contributed by atoms with Crippen LogP contribution < -0.4 is 0 Å². The van der Waals surface area contributed by atoms with E-state index in [-0.39, 0.29) is 29.5 Å². The van der Waals surface area contributed by atoms with Crippen molar-refractivity contribution in [2.24, 2.45) is 0 Å². The maximum Gasteiger partial charge on any atom is 0.236 e. The molecule has 1 aromatic carbocycles. The van der Waals surface area contributed by atoms with Crippen molar-refractivity contribution in [2.75, 3.05) is 45.2 Å². The minimum Gasteiger partial charge on any atom is -0.348 e. The zero-order chi connectivity index (χ0) is 18.9. The molecule has 0 aliphatic carbocycles. The standard InChI is InChI=1S/C19H29N3O3S/c1-4-15-5-7-16(8-6-15)11-21-9-10-22(12-19(23)20(2)3)18-14-26(24,25)13-17(18)21/h5-8,17-18H,4,9-14H2,1-3H3/t17-,18+/m1/s1. The summed E-state index contributed by atoms with van der Waals surface area (Å²) in [7, 11) is 0.413. The van der Waals surface area contributed by atoms with Crippen LogP contribution in [0, 0.1) is 0 Å². The lowest BCUT2D eigenvalue weighted by Gasteiger charge is -2.43. The third kappa shape index (κ3) is 4.27. The monoisotopic (exact) mass is 379 g/mol. The molecule has 1 aromatic rings. The largest absolute Gasteiger partial charge is 0.348 e. The predicted molar refractivity (Wildman–Crippen MR) is 103 cm³/mol. The lowest BCUT2D eigenvalue weighted by molar-refractivity contribution is -0.131. The minimum absolute atomic E-state index is 0.0247. The molecule has 0 unspecified atom stereocenters. The molecule has 0 N–H and O–H groups in total. The zero-order valence-corrected chi connectivity index (χ0v) is 16.7. The predicted octanol–water partition coefficient (Wildman–Crippen LogP) is 0.620. The van der Waals surface area contributed by atoms with Crippen LogP contribution in [0.1, 0.15) is 18.1 Å². The Morgan fingerprint density at radius 2 is 1.58 bits per heavy atom. The van der Waals surface area contributed by atoms with Crippen molar-refractivity contribution < 1.29 is 13.2 Å². The van der Waals surface area contributed by atoms with Gasteiger partial charge in [-0.15, -0.1) is 0 Å². The van der Waals surface area contributed by atoms with Gasteiger partial charge in [-0.25, -0.2) is 8.42 Å². The molecule has 26 heavy (non-hydrogen) atoms. The van der Waals surface area contributed by atoms with Crippen molar-refractivity contribution in [1.29, 1.82) is 0 Å². The van der Waals surface area contributed by atoms with E-state index in [1.54, 1.807) is 19.0 Å². The maximum atomic E-state index is 12.3. The van der Waals surface area contributed by atoms with Gasteiger partial charge >= 0.3 is 0 Å². The molecule has 6 nitrogen and oxygen atoms in total. The van der Waals surface area contributed by atoms with Crippen molar-refractivity contribution >= 4 is 15.7 Å². The summed E-state index contributed by atoms with van der Waals surface area (Å²) in [5.74, 6) is 0.373. The molecule has 0 radical (unpaired) electrons. The number of rotatable bonds is 5. The highest BCUT2D eigenvalue weighted by atomic mass is 32.2. The number of hydrogen-bond acceptors (Lipinski definition) is 5. The van der Waals surface area contributed by atoms with Gasteiger partial charge in [-0.1, -0.05) is 31.2 Å². The molecule has 144 valence electrons. The number of carbonyl (C=O) groups is 1. The molecular formula is C19H29N3O3S. The first kappa shape index (κ1) is 19.3. The molecule has 2 fully saturated rings. The Kier molecular flexibility index (Phi) is 5.69. The summed E-state index contributed by atoms with van der Waals surface area (Å²) in [5, 5.41) is 0. The van der Waals surface area contributed by atoms with Crippen LogP contribution in [0.4, 0.5) is 0 Å². The van der Waals surface area contributed by atoms with E-state index in [1.807, 2.05) is 0 Å². The molecule has 0 bridgehead atoms. The van der Waals surface area contributed by atoms with Gasteiger partial charge in [0.15, 0.2) is 9.84 Å². The van der Waals surface area contributed by atoms with Crippen LogP contribution in [0.2, 0.25) is 0 Å². The Bertz CT molecular complexity index is 746. The summed E-state index contributed by atoms with van der Waals surface area (Å²) in [6.45, 7) is 4.70. The topological polar surface area (TPSA) is 60.9 Å². The van der Waals surface area contributed by atoms with E-state index >= 15 is 0 Å². The fourth-order valence-electron chi connectivity index (χ4n) is 3.92. The van der Waals surface area contributed by atoms with Gasteiger partial charge in [0.05, 0.1) is 18.1 Å². The first-order valence-corrected chi connectivity index (χ1v) is 11.1. The average Bonchev–Trinajstić information content (AvgIpc) is 2.93. The normalized spacial score (nSPS) is 25.8. The Balaban J connectivity index is 1.74. The van der Waals surface area contributed by atoms with Crippen LogP contribution in [-0.2, 0) is 27.6 Å². The summed E-state index contributed by atoms with van der Waals surface area (Å²) < 4.78 is 24.6. The molecule has 2 atom stereocenters. The summed E-state index contributed by atoms with van der Waals surface area (Å²) in [5.41, 5.74) is 2.52. The minimum atomic E-state index is -3.06. The second-order valence-electron chi connectivity index (χ2n) is 7.61. The average molecular weight is 380 g/mol. The Hall–Kier alpha value is -1.44. The number of piperazine rings is 1. The lowest BCUT2D eigenvalue weighted by Crippen LogP contribution is -2.60. The molecule has 0 aromatic heterocycles. The van der Waals surface area contributed by atoms with Crippen molar-refractivity contribution in [2.45, 2.75) is 32.0 Å². The number of fused-ring (bicyclic) bond motifs is 1. The van der Waals surface area contributed by atoms with Gasteiger partial charge in [0, 0.05) is 45.8 Å². The van der Waals surface area contributed by atoms with Gasteiger partial charge in [0.1, 0.15) is 0 Å². The molecule has 1 amide bonds. The van der Waals surface area contributed by atoms with E-state index in [2.05, 4.69) is 41.0 Å². The third-order valence-electron chi connectivity index (χ3n) is 5.56. The molecule has 2 aliphatic rings. The number of amides is 1. The zero-order valence-electron chi connectivity index (χ0n) is 15.9. The van der Waals surface area contributed by atoms with Crippen molar-refractivity contribution in [3.05, 3.63) is 35.4 Å². The van der Waals surface area contributed by atoms with Crippen LogP contribution >= 0.6 is 0 Å². The van der Waals surface area contributed by atoms with E-state index in [1.165, 1.54) is 11.1 Å². The van der Waals surface area contributed by atoms with Crippen LogP contribution in [0.25, 0.3) is 0 Å². The Morgan fingerprint density at radius 3 is 2.15 bits per heavy atom. The van der Waals surface area contributed by atoms with E-state index in [0.29, 0.717) is 6.54 Å². The molecule has 0 saturated carbocycles. The summed E-state index contributed by atoms with van der Waals surface area (Å²) >= 11 is 0. The quantitative estimate of drug-likeness (QED) is 0.751. The molecule has 2 saturated heterocycles. The van der Waals surface area contributed by atoms with Gasteiger partial charge in [0.25, 0.3) is 0 Å². The SMILES string of the molecule is CCc1ccc(CN2CCN(CC(=O)N(C)C)[C@H]3CS(=O)(=O)C[C@H]32)cc1. The third-order valence-corrected chi connectivity index (χ3v) is 7.26. The van der Waals surface area contributed by atoms with Gasteiger partial charge in [-0.05, 0) is 17.5 Å². The van der Waals surface area contributed by atoms with Gasteiger partial charge in [-0.3, -0.25) is 14.6 Å². The summed E-state index contributed by atoms with van der Waals surface area (Å²) in [6.07, 6.45) is 1.02. The number of aryl methyl sites for hydroxylation is 1. The number of hydrogen-bond donors (Lipinski definition) is 0. The van der Waals surface area contributed by atoms with Crippen molar-refractivity contribution in [3.8, 4) is 0 Å². The van der Waals surface area contributed by atoms with Crippen molar-refractivity contribution in [1.82, 2.24) is 14.7 Å². The molecule has 2 heterocycles. The highest BCUT2D eigenvalue weighted by Gasteiger charge is 2.46. The summed E-state index contributed by atoms with van der Waals surface area (Å²) in [4.78, 5) is 18.0. The number of nitrogens with zero attached hydrogens (tertiary/aromatic N) is 3. The second kappa shape index (κ2) is 7.66. The molecule has 7 heteroatoms. The molecule has 0 spiro atoms. The second-order valence-corrected chi connectivity index (χ2v) is 9.76. The van der Waals surface area contributed by atoms with E-state index in [9.17, 15) is 13.2 Å². The molecule has 2 aliphatic heterocycles. The summed E-state index contributed by atoms with van der Waals surface area (Å²) in [6, 6.07) is 8.44. The fraction of sp³-hybridized carbons (Fsp3) is 0.632. The van der Waals surface area contributed by atoms with Crippen LogP contribution in [0.15, 0.2) is 24.3 Å². The highest BCUT2D eigenvalue weighted by molar-refractivity contribution is 7.91. The smallest absolute Gasteiger partial charge is 0.236 e. The fourth-order valence-corrected chi connectivity index (χ4v) is 5.96. The van der Waals surface area contributed by atoms with Crippen LogP contribution in [-0.4, -0.2) is 86.3 Å². The van der Waals surface area contributed by atoms with Gasteiger partial charge < -0.3 is 4.90 Å². The first-order chi connectivity index (χ1) is 12.3. The van der Waals surface area contributed by atoms with Crippen LogP contribution in [0.5, 0.6) is 0 Å². The first-order valence-electron chi connectivity index (χ1n) is 9.25. The van der Waals surface area contributed by atoms with Crippen LogP contribution in [0.3, 0.4) is 0 Å². The molecule has 3 rings (SSSR count). The van der Waals surface area contributed by atoms with Gasteiger partial charge in [-0.2, -0.15) is 0 Å². The number of sulfone groups is 1. The van der Waals surface area contributed by atoms with Gasteiger partial charge in [0.2, 0.25) is 5.91 Å².